The predicted octanol–water partition coefficient (Wildman–Crippen LogP) is 1.44. The van der Waals surface area contributed by atoms with E-state index in [2.05, 4.69) is 15.9 Å². The summed E-state index contributed by atoms with van der Waals surface area (Å²) in [6.07, 6.45) is 0. The summed E-state index contributed by atoms with van der Waals surface area (Å²) >= 11 is 3.33. The van der Waals surface area contributed by atoms with Crippen LogP contribution in [0.2, 0.25) is 0 Å². The van der Waals surface area contributed by atoms with E-state index in [9.17, 15) is 9.59 Å². The third-order valence-electron chi connectivity index (χ3n) is 2.37. The van der Waals surface area contributed by atoms with Crippen molar-refractivity contribution in [1.82, 2.24) is 4.90 Å². The zero-order valence-corrected chi connectivity index (χ0v) is 11.2. The van der Waals surface area contributed by atoms with Crippen molar-refractivity contribution >= 4 is 27.6 Å². The third-order valence-corrected chi connectivity index (χ3v) is 3.06. The first-order valence-corrected chi connectivity index (χ1v) is 6.12. The molecule has 0 aliphatic heterocycles. The summed E-state index contributed by atoms with van der Waals surface area (Å²) in [7, 11) is 0. The number of likely N-dealkylation sites (N-methyl/N-ethyl adjacent to an activating group) is 1. The monoisotopic (exact) mass is 298 g/mol. The summed E-state index contributed by atoms with van der Waals surface area (Å²) in [6.45, 7) is 2.80. The van der Waals surface area contributed by atoms with E-state index < -0.39 is 5.91 Å². The molecule has 1 aromatic carbocycles. The van der Waals surface area contributed by atoms with Gasteiger partial charge in [0, 0.05) is 10.0 Å². The number of ketones is 1. The highest BCUT2D eigenvalue weighted by atomic mass is 79.9. The highest BCUT2D eigenvalue weighted by Crippen LogP contribution is 2.16. The Balaban J connectivity index is 2.71. The SMILES string of the molecule is CCN(CC(N)=O)CC(=O)c1ccccc1Br. The number of carbonyl (C=O) groups is 2. The van der Waals surface area contributed by atoms with Crippen molar-refractivity contribution < 1.29 is 9.59 Å². The van der Waals surface area contributed by atoms with E-state index in [1.807, 2.05) is 25.1 Å². The van der Waals surface area contributed by atoms with Gasteiger partial charge in [0.15, 0.2) is 5.78 Å². The molecule has 0 bridgehead atoms. The number of halogens is 1. The molecule has 1 amide bonds. The number of benzene rings is 1. The zero-order chi connectivity index (χ0) is 12.8. The van der Waals surface area contributed by atoms with Gasteiger partial charge in [-0.25, -0.2) is 0 Å². The van der Waals surface area contributed by atoms with Gasteiger partial charge in [0.25, 0.3) is 0 Å². The fraction of sp³-hybridized carbons (Fsp3) is 0.333. The second-order valence-electron chi connectivity index (χ2n) is 3.67. The Labute approximate surface area is 109 Å². The van der Waals surface area contributed by atoms with Crippen LogP contribution in [-0.2, 0) is 4.79 Å². The van der Waals surface area contributed by atoms with Gasteiger partial charge in [-0.3, -0.25) is 14.5 Å². The van der Waals surface area contributed by atoms with Gasteiger partial charge in [-0.2, -0.15) is 0 Å². The fourth-order valence-corrected chi connectivity index (χ4v) is 1.98. The maximum atomic E-state index is 12.0. The molecule has 1 aromatic rings. The zero-order valence-electron chi connectivity index (χ0n) is 9.65. The third kappa shape index (κ3) is 4.28. The summed E-state index contributed by atoms with van der Waals surface area (Å²) in [5, 5.41) is 0. The quantitative estimate of drug-likeness (QED) is 0.808. The summed E-state index contributed by atoms with van der Waals surface area (Å²) in [5.41, 5.74) is 5.73. The molecule has 5 heteroatoms. The molecule has 0 saturated carbocycles. The molecule has 0 spiro atoms. The van der Waals surface area contributed by atoms with Crippen LogP contribution in [0.25, 0.3) is 0 Å². The number of nitrogens with two attached hydrogens (primary N) is 1. The Kier molecular flexibility index (Phi) is 5.31. The van der Waals surface area contributed by atoms with E-state index in [1.165, 1.54) is 0 Å². The van der Waals surface area contributed by atoms with Gasteiger partial charge in [-0.1, -0.05) is 41.1 Å². The molecule has 92 valence electrons. The summed E-state index contributed by atoms with van der Waals surface area (Å²) in [5.74, 6) is -0.452. The highest BCUT2D eigenvalue weighted by Gasteiger charge is 2.14. The van der Waals surface area contributed by atoms with Crippen molar-refractivity contribution in [3.63, 3.8) is 0 Å². The largest absolute Gasteiger partial charge is 0.369 e. The first-order chi connectivity index (χ1) is 8.04. The van der Waals surface area contributed by atoms with Gasteiger partial charge in [0.2, 0.25) is 5.91 Å². The molecule has 0 fully saturated rings. The number of hydrogen-bond donors (Lipinski definition) is 1. The van der Waals surface area contributed by atoms with Gasteiger partial charge in [-0.05, 0) is 12.6 Å². The Hall–Kier alpha value is -1.20. The van der Waals surface area contributed by atoms with Crippen LogP contribution < -0.4 is 5.73 Å². The second-order valence-corrected chi connectivity index (χ2v) is 4.53. The number of rotatable bonds is 6. The Morgan fingerprint density at radius 1 is 1.29 bits per heavy atom. The lowest BCUT2D eigenvalue weighted by Gasteiger charge is -2.17. The molecule has 0 radical (unpaired) electrons. The minimum absolute atomic E-state index is 0.0272. The van der Waals surface area contributed by atoms with E-state index in [-0.39, 0.29) is 18.9 Å². The van der Waals surface area contributed by atoms with E-state index >= 15 is 0 Å². The normalized spacial score (nSPS) is 10.5. The number of hydrogen-bond acceptors (Lipinski definition) is 3. The Bertz CT molecular complexity index is 421. The number of Topliss-reactive ketones (excluding diaryl/α,β-unsaturated/α-hetero) is 1. The fourth-order valence-electron chi connectivity index (χ4n) is 1.48. The Morgan fingerprint density at radius 3 is 2.47 bits per heavy atom. The van der Waals surface area contributed by atoms with Crippen molar-refractivity contribution in [3.8, 4) is 0 Å². The van der Waals surface area contributed by atoms with Crippen molar-refractivity contribution in [2.75, 3.05) is 19.6 Å². The molecule has 1 rings (SSSR count). The van der Waals surface area contributed by atoms with E-state index in [1.54, 1.807) is 11.0 Å². The highest BCUT2D eigenvalue weighted by molar-refractivity contribution is 9.10. The first-order valence-electron chi connectivity index (χ1n) is 5.33. The van der Waals surface area contributed by atoms with E-state index in [0.717, 1.165) is 4.47 Å². The molecule has 0 atom stereocenters. The van der Waals surface area contributed by atoms with Crippen LogP contribution in [0.15, 0.2) is 28.7 Å². The first kappa shape index (κ1) is 13.9. The average Bonchev–Trinajstić information content (AvgIpc) is 2.27. The molecule has 0 aromatic heterocycles. The summed E-state index contributed by atoms with van der Waals surface area (Å²) in [4.78, 5) is 24.5. The van der Waals surface area contributed by atoms with Crippen molar-refractivity contribution in [2.45, 2.75) is 6.92 Å². The number of carbonyl (C=O) groups excluding carboxylic acids is 2. The average molecular weight is 299 g/mol. The van der Waals surface area contributed by atoms with Crippen LogP contribution in [0.5, 0.6) is 0 Å². The molecular formula is C12H15BrN2O2. The molecule has 2 N–H and O–H groups in total. The number of nitrogens with zero attached hydrogens (tertiary/aromatic N) is 1. The minimum atomic E-state index is -0.424. The van der Waals surface area contributed by atoms with Gasteiger partial charge in [0.05, 0.1) is 13.1 Å². The molecule has 0 heterocycles. The lowest BCUT2D eigenvalue weighted by Crippen LogP contribution is -2.37. The van der Waals surface area contributed by atoms with Crippen molar-refractivity contribution in [1.29, 1.82) is 0 Å². The maximum absolute atomic E-state index is 12.0. The van der Waals surface area contributed by atoms with E-state index in [0.29, 0.717) is 12.1 Å². The molecule has 0 saturated heterocycles. The van der Waals surface area contributed by atoms with Crippen molar-refractivity contribution in [3.05, 3.63) is 34.3 Å². The topological polar surface area (TPSA) is 63.4 Å². The molecule has 0 aliphatic rings. The van der Waals surface area contributed by atoms with Crippen LogP contribution in [0.3, 0.4) is 0 Å². The smallest absolute Gasteiger partial charge is 0.231 e. The molecule has 0 aliphatic carbocycles. The van der Waals surface area contributed by atoms with Gasteiger partial charge >= 0.3 is 0 Å². The van der Waals surface area contributed by atoms with Crippen LogP contribution in [0.1, 0.15) is 17.3 Å². The van der Waals surface area contributed by atoms with Crippen LogP contribution in [0.4, 0.5) is 0 Å². The molecule has 17 heavy (non-hydrogen) atoms. The lowest BCUT2D eigenvalue weighted by atomic mass is 10.1. The molecule has 0 unspecified atom stereocenters. The van der Waals surface area contributed by atoms with Gasteiger partial charge in [0.1, 0.15) is 0 Å². The van der Waals surface area contributed by atoms with Crippen molar-refractivity contribution in [2.24, 2.45) is 5.73 Å². The standard InChI is InChI=1S/C12H15BrN2O2/c1-2-15(8-12(14)17)7-11(16)9-5-3-4-6-10(9)13/h3-6H,2,7-8H2,1H3,(H2,14,17). The maximum Gasteiger partial charge on any atom is 0.231 e. The summed E-state index contributed by atoms with van der Waals surface area (Å²) in [6, 6.07) is 7.23. The van der Waals surface area contributed by atoms with Crippen LogP contribution in [0, 0.1) is 0 Å². The number of amides is 1. The van der Waals surface area contributed by atoms with Gasteiger partial charge < -0.3 is 5.73 Å². The summed E-state index contributed by atoms with van der Waals surface area (Å²) < 4.78 is 0.764. The lowest BCUT2D eigenvalue weighted by molar-refractivity contribution is -0.118. The number of primary amides is 1. The molecule has 4 nitrogen and oxygen atoms in total. The van der Waals surface area contributed by atoms with Crippen LogP contribution in [-0.4, -0.2) is 36.2 Å². The van der Waals surface area contributed by atoms with Gasteiger partial charge in [-0.15, -0.1) is 0 Å². The second kappa shape index (κ2) is 6.51. The Morgan fingerprint density at radius 2 is 1.94 bits per heavy atom. The predicted molar refractivity (Wildman–Crippen MR) is 69.8 cm³/mol. The van der Waals surface area contributed by atoms with E-state index in [4.69, 9.17) is 5.73 Å². The van der Waals surface area contributed by atoms with Crippen LogP contribution >= 0.6 is 15.9 Å². The minimum Gasteiger partial charge on any atom is -0.369 e. The molecular weight excluding hydrogens is 284 g/mol.